The van der Waals surface area contributed by atoms with E-state index in [2.05, 4.69) is 4.74 Å². The lowest BCUT2D eigenvalue weighted by Crippen LogP contribution is -2.33. The molecule has 0 aliphatic heterocycles. The Morgan fingerprint density at radius 2 is 1.75 bits per heavy atom. The lowest BCUT2D eigenvalue weighted by Gasteiger charge is -2.16. The van der Waals surface area contributed by atoms with Crippen molar-refractivity contribution in [1.29, 1.82) is 0 Å². The van der Waals surface area contributed by atoms with Crippen LogP contribution < -0.4 is 10.2 Å². The zero-order valence-electron chi connectivity index (χ0n) is 10.3. The molecule has 1 aromatic rings. The van der Waals surface area contributed by atoms with Crippen molar-refractivity contribution in [3.05, 3.63) is 24.3 Å². The topological polar surface area (TPSA) is 18.5 Å². The van der Waals surface area contributed by atoms with Gasteiger partial charge in [-0.1, -0.05) is 12.1 Å². The molecule has 114 valence electrons. The standard InChI is InChI=1S/C11H12BF6O2/c13-11(14,15)8-19-5-2-6-20-10-4-1-3-9(7-10)12(16,17)18/h1,3-4,7H,2,5-6,8H2/q-1. The van der Waals surface area contributed by atoms with Gasteiger partial charge in [0.2, 0.25) is 0 Å². The molecule has 0 fully saturated rings. The van der Waals surface area contributed by atoms with Crippen molar-refractivity contribution < 1.29 is 35.6 Å². The van der Waals surface area contributed by atoms with Crippen molar-refractivity contribution in [3.8, 4) is 5.75 Å². The predicted molar refractivity (Wildman–Crippen MR) is 62.1 cm³/mol. The molecule has 0 bridgehead atoms. The molecule has 9 heteroatoms. The van der Waals surface area contributed by atoms with Crippen LogP contribution in [0, 0.1) is 0 Å². The van der Waals surface area contributed by atoms with Gasteiger partial charge in [0.25, 0.3) is 0 Å². The van der Waals surface area contributed by atoms with Crippen molar-refractivity contribution in [3.63, 3.8) is 0 Å². The Labute approximate surface area is 111 Å². The molecule has 0 saturated carbocycles. The molecule has 1 aromatic carbocycles. The van der Waals surface area contributed by atoms with Crippen molar-refractivity contribution in [2.45, 2.75) is 12.6 Å². The average Bonchev–Trinajstić information content (AvgIpc) is 2.31. The van der Waals surface area contributed by atoms with Crippen LogP contribution in [0.5, 0.6) is 5.75 Å². The first-order valence-corrected chi connectivity index (χ1v) is 5.76. The molecular weight excluding hydrogens is 289 g/mol. The summed E-state index contributed by atoms with van der Waals surface area (Å²) in [5.41, 5.74) is -0.782. The number of rotatable bonds is 7. The van der Waals surface area contributed by atoms with E-state index in [1.54, 1.807) is 0 Å². The molecule has 0 amide bonds. The van der Waals surface area contributed by atoms with E-state index in [-0.39, 0.29) is 25.4 Å². The Bertz CT molecular complexity index is 418. The summed E-state index contributed by atoms with van der Waals surface area (Å²) in [6, 6.07) is 4.35. The highest BCUT2D eigenvalue weighted by atomic mass is 19.4. The molecule has 0 unspecified atom stereocenters. The van der Waals surface area contributed by atoms with Gasteiger partial charge in [-0.05, 0) is 12.1 Å². The van der Waals surface area contributed by atoms with Crippen LogP contribution in [0.1, 0.15) is 6.42 Å². The molecule has 0 spiro atoms. The van der Waals surface area contributed by atoms with Crippen LogP contribution in [0.2, 0.25) is 0 Å². The first-order valence-electron chi connectivity index (χ1n) is 5.76. The summed E-state index contributed by atoms with van der Waals surface area (Å²) < 4.78 is 81.9. The molecule has 1 rings (SSSR count). The molecule has 0 aliphatic carbocycles. The monoisotopic (exact) mass is 301 g/mol. The highest BCUT2D eigenvalue weighted by Gasteiger charge is 2.27. The number of hydrogen-bond acceptors (Lipinski definition) is 2. The summed E-state index contributed by atoms with van der Waals surface area (Å²) in [7, 11) is 0. The highest BCUT2D eigenvalue weighted by molar-refractivity contribution is 6.73. The third kappa shape index (κ3) is 6.69. The molecule has 0 saturated heterocycles. The normalized spacial score (nSPS) is 12.5. The molecular formula is C11H12BF6O2-. The van der Waals surface area contributed by atoms with Crippen molar-refractivity contribution in [2.24, 2.45) is 0 Å². The molecule has 2 nitrogen and oxygen atoms in total. The van der Waals surface area contributed by atoms with Gasteiger partial charge in [0.05, 0.1) is 13.2 Å². The molecule has 0 aliphatic rings. The fourth-order valence-electron chi connectivity index (χ4n) is 1.35. The zero-order chi connectivity index (χ0) is 15.2. The summed E-state index contributed by atoms with van der Waals surface area (Å²) in [5, 5.41) is 0. The van der Waals surface area contributed by atoms with E-state index in [0.29, 0.717) is 0 Å². The van der Waals surface area contributed by atoms with Crippen LogP contribution >= 0.6 is 0 Å². The van der Waals surface area contributed by atoms with E-state index in [1.165, 1.54) is 12.1 Å². The number of hydrogen-bond donors (Lipinski definition) is 0. The lowest BCUT2D eigenvalue weighted by atomic mass is 9.80. The maximum absolute atomic E-state index is 12.4. The zero-order valence-corrected chi connectivity index (χ0v) is 10.3. The number of alkyl halides is 3. The minimum Gasteiger partial charge on any atom is -0.494 e. The van der Waals surface area contributed by atoms with E-state index < -0.39 is 25.2 Å². The van der Waals surface area contributed by atoms with Gasteiger partial charge < -0.3 is 22.4 Å². The molecule has 20 heavy (non-hydrogen) atoms. The first kappa shape index (κ1) is 16.7. The van der Waals surface area contributed by atoms with Crippen LogP contribution in [0.3, 0.4) is 0 Å². The Kier molecular flexibility index (Phi) is 5.73. The van der Waals surface area contributed by atoms with Gasteiger partial charge >= 0.3 is 13.2 Å². The van der Waals surface area contributed by atoms with Crippen molar-refractivity contribution in [2.75, 3.05) is 19.8 Å². The Hall–Kier alpha value is -1.38. The first-order chi connectivity index (χ1) is 9.18. The van der Waals surface area contributed by atoms with Gasteiger partial charge in [0.1, 0.15) is 12.4 Å². The van der Waals surface area contributed by atoms with Crippen molar-refractivity contribution >= 4 is 12.4 Å². The fourth-order valence-corrected chi connectivity index (χ4v) is 1.35. The average molecular weight is 301 g/mol. The molecule has 0 radical (unpaired) electrons. The summed E-state index contributed by atoms with van der Waals surface area (Å²) in [5.74, 6) is 0.0255. The Morgan fingerprint density at radius 3 is 2.35 bits per heavy atom. The smallest absolute Gasteiger partial charge is 0.494 e. The van der Waals surface area contributed by atoms with Crippen LogP contribution in [0.15, 0.2) is 24.3 Å². The highest BCUT2D eigenvalue weighted by Crippen LogP contribution is 2.15. The van der Waals surface area contributed by atoms with E-state index in [1.807, 2.05) is 0 Å². The maximum Gasteiger partial charge on any atom is 0.509 e. The van der Waals surface area contributed by atoms with Crippen LogP contribution in [-0.4, -0.2) is 33.0 Å². The van der Waals surface area contributed by atoms with Gasteiger partial charge in [-0.15, -0.1) is 5.46 Å². The Balaban J connectivity index is 2.29. The summed E-state index contributed by atoms with van der Waals surface area (Å²) >= 11 is 0. The van der Waals surface area contributed by atoms with Gasteiger partial charge in [0.15, 0.2) is 0 Å². The van der Waals surface area contributed by atoms with Crippen molar-refractivity contribution in [1.82, 2.24) is 0 Å². The van der Waals surface area contributed by atoms with Crippen LogP contribution in [0.4, 0.5) is 26.1 Å². The predicted octanol–water partition coefficient (Wildman–Crippen LogP) is 3.09. The minimum absolute atomic E-state index is 0.0217. The largest absolute Gasteiger partial charge is 0.509 e. The van der Waals surface area contributed by atoms with E-state index in [4.69, 9.17) is 4.74 Å². The number of halogens is 6. The minimum atomic E-state index is -5.10. The molecule has 0 heterocycles. The second kappa shape index (κ2) is 6.87. The number of benzene rings is 1. The quantitative estimate of drug-likeness (QED) is 0.438. The summed E-state index contributed by atoms with van der Waals surface area (Å²) in [4.78, 5) is 0. The fraction of sp³-hybridized carbons (Fsp3) is 0.455. The van der Waals surface area contributed by atoms with Gasteiger partial charge in [-0.2, -0.15) is 13.2 Å². The third-order valence-electron chi connectivity index (χ3n) is 2.20. The van der Waals surface area contributed by atoms with E-state index >= 15 is 0 Å². The molecule has 0 N–H and O–H groups in total. The van der Waals surface area contributed by atoms with Gasteiger partial charge in [-0.3, -0.25) is 0 Å². The number of ether oxygens (including phenoxy) is 2. The third-order valence-corrected chi connectivity index (χ3v) is 2.20. The van der Waals surface area contributed by atoms with Crippen LogP contribution in [0.25, 0.3) is 0 Å². The second-order valence-corrected chi connectivity index (χ2v) is 4.02. The summed E-state index contributed by atoms with van der Waals surface area (Å²) in [6.07, 6.45) is -4.23. The molecule has 0 aromatic heterocycles. The van der Waals surface area contributed by atoms with Gasteiger partial charge in [0, 0.05) is 6.42 Å². The second-order valence-electron chi connectivity index (χ2n) is 4.02. The summed E-state index contributed by atoms with van der Waals surface area (Å²) in [6.45, 7) is -6.65. The van der Waals surface area contributed by atoms with Crippen LogP contribution in [-0.2, 0) is 4.74 Å². The maximum atomic E-state index is 12.4. The van der Waals surface area contributed by atoms with E-state index in [9.17, 15) is 26.1 Å². The van der Waals surface area contributed by atoms with Gasteiger partial charge in [-0.25, -0.2) is 0 Å². The SMILES string of the molecule is F[B-](F)(F)c1cccc(OCCCOCC(F)(F)F)c1. The Morgan fingerprint density at radius 1 is 1.05 bits per heavy atom. The molecule has 0 atom stereocenters. The lowest BCUT2D eigenvalue weighted by molar-refractivity contribution is -0.174. The van der Waals surface area contributed by atoms with E-state index in [0.717, 1.165) is 12.1 Å².